The molecule has 0 radical (unpaired) electrons. The smallest absolute Gasteiger partial charge is 0.255 e. The Morgan fingerprint density at radius 3 is 2.62 bits per heavy atom. The highest BCUT2D eigenvalue weighted by molar-refractivity contribution is 6.04. The predicted octanol–water partition coefficient (Wildman–Crippen LogP) is 2.47. The number of nitrogens with zero attached hydrogens (tertiary/aromatic N) is 1. The van der Waals surface area contributed by atoms with Gasteiger partial charge in [-0.1, -0.05) is 18.2 Å². The lowest BCUT2D eigenvalue weighted by Crippen LogP contribution is -2.11. The van der Waals surface area contributed by atoms with Crippen LogP contribution in [0.3, 0.4) is 0 Å². The van der Waals surface area contributed by atoms with Crippen molar-refractivity contribution in [2.45, 2.75) is 0 Å². The highest BCUT2D eigenvalue weighted by Crippen LogP contribution is 2.09. The Balaban J connectivity index is 2.14. The molecule has 0 fully saturated rings. The molecule has 0 saturated heterocycles. The maximum Gasteiger partial charge on any atom is 0.255 e. The second-order valence-corrected chi connectivity index (χ2v) is 3.19. The molecule has 3 nitrogen and oxygen atoms in total. The summed E-state index contributed by atoms with van der Waals surface area (Å²) in [5.74, 6) is -0.892. The van der Waals surface area contributed by atoms with E-state index in [-0.39, 0.29) is 5.91 Å². The molecule has 0 bridgehead atoms. The first-order valence-corrected chi connectivity index (χ1v) is 4.73. The molecular weight excluding hydrogens is 207 g/mol. The normalized spacial score (nSPS) is 9.81. The summed E-state index contributed by atoms with van der Waals surface area (Å²) in [4.78, 5) is 15.1. The number of halogens is 1. The first kappa shape index (κ1) is 10.3. The second-order valence-electron chi connectivity index (χ2n) is 3.19. The van der Waals surface area contributed by atoms with Gasteiger partial charge in [-0.3, -0.25) is 4.79 Å². The molecule has 80 valence electrons. The number of benzene rings is 1. The topological polar surface area (TPSA) is 42.0 Å². The number of hydrogen-bond acceptors (Lipinski definition) is 2. The zero-order chi connectivity index (χ0) is 11.4. The zero-order valence-corrected chi connectivity index (χ0v) is 8.35. The van der Waals surface area contributed by atoms with Crippen molar-refractivity contribution < 1.29 is 9.18 Å². The first-order valence-electron chi connectivity index (χ1n) is 4.73. The molecule has 4 heteroatoms. The van der Waals surface area contributed by atoms with Crippen LogP contribution in [0.1, 0.15) is 10.4 Å². The number of carbonyl (C=O) groups is 1. The largest absolute Gasteiger partial charge is 0.322 e. The SMILES string of the molecule is O=C(Nc1ccnc(F)c1)c1ccccc1. The number of anilines is 1. The fraction of sp³-hybridized carbons (Fsp3) is 0. The van der Waals surface area contributed by atoms with Crippen molar-refractivity contribution in [2.75, 3.05) is 5.32 Å². The summed E-state index contributed by atoms with van der Waals surface area (Å²) in [7, 11) is 0. The molecule has 1 aromatic heterocycles. The van der Waals surface area contributed by atoms with E-state index in [1.54, 1.807) is 24.3 Å². The molecule has 1 N–H and O–H groups in total. The maximum atomic E-state index is 12.8. The standard InChI is InChI=1S/C12H9FN2O/c13-11-8-10(6-7-14-11)15-12(16)9-4-2-1-3-5-9/h1-8H,(H,14,15,16). The summed E-state index contributed by atoms with van der Waals surface area (Å²) >= 11 is 0. The van der Waals surface area contributed by atoms with E-state index in [1.807, 2.05) is 6.07 Å². The van der Waals surface area contributed by atoms with Crippen LogP contribution in [0.25, 0.3) is 0 Å². The van der Waals surface area contributed by atoms with Crippen LogP contribution in [-0.2, 0) is 0 Å². The molecule has 2 rings (SSSR count). The van der Waals surface area contributed by atoms with Gasteiger partial charge in [0, 0.05) is 23.5 Å². The lowest BCUT2D eigenvalue weighted by atomic mass is 10.2. The van der Waals surface area contributed by atoms with Gasteiger partial charge >= 0.3 is 0 Å². The quantitative estimate of drug-likeness (QED) is 0.783. The van der Waals surface area contributed by atoms with E-state index in [1.165, 1.54) is 18.3 Å². The Kier molecular flexibility index (Phi) is 2.91. The minimum atomic E-state index is -0.620. The molecule has 0 unspecified atom stereocenters. The van der Waals surface area contributed by atoms with Crippen LogP contribution < -0.4 is 5.32 Å². The molecular formula is C12H9FN2O. The van der Waals surface area contributed by atoms with Gasteiger partial charge in [0.25, 0.3) is 5.91 Å². The Morgan fingerprint density at radius 1 is 1.19 bits per heavy atom. The van der Waals surface area contributed by atoms with Gasteiger partial charge in [-0.15, -0.1) is 0 Å². The van der Waals surface area contributed by atoms with Crippen LogP contribution in [-0.4, -0.2) is 10.9 Å². The van der Waals surface area contributed by atoms with E-state index in [0.717, 1.165) is 0 Å². The fourth-order valence-corrected chi connectivity index (χ4v) is 1.27. The van der Waals surface area contributed by atoms with E-state index in [2.05, 4.69) is 10.3 Å². The zero-order valence-electron chi connectivity index (χ0n) is 8.35. The van der Waals surface area contributed by atoms with Crippen molar-refractivity contribution in [1.82, 2.24) is 4.98 Å². The summed E-state index contributed by atoms with van der Waals surface area (Å²) < 4.78 is 12.8. The van der Waals surface area contributed by atoms with Crippen LogP contribution in [0.2, 0.25) is 0 Å². The predicted molar refractivity (Wildman–Crippen MR) is 58.6 cm³/mol. The summed E-state index contributed by atoms with van der Waals surface area (Å²) in [5, 5.41) is 2.58. The molecule has 0 spiro atoms. The van der Waals surface area contributed by atoms with Crippen LogP contribution in [0.5, 0.6) is 0 Å². The van der Waals surface area contributed by atoms with Crippen molar-refractivity contribution in [1.29, 1.82) is 0 Å². The average Bonchev–Trinajstić information content (AvgIpc) is 2.30. The van der Waals surface area contributed by atoms with Gasteiger partial charge in [0.1, 0.15) is 0 Å². The highest BCUT2D eigenvalue weighted by Gasteiger charge is 2.05. The van der Waals surface area contributed by atoms with E-state index in [0.29, 0.717) is 11.3 Å². The Hall–Kier alpha value is -2.23. The van der Waals surface area contributed by atoms with Crippen LogP contribution in [0.4, 0.5) is 10.1 Å². The molecule has 1 aromatic carbocycles. The molecule has 0 aliphatic heterocycles. The van der Waals surface area contributed by atoms with Crippen molar-refractivity contribution in [3.05, 3.63) is 60.2 Å². The third-order valence-electron chi connectivity index (χ3n) is 2.02. The number of amides is 1. The summed E-state index contributed by atoms with van der Waals surface area (Å²) in [5.41, 5.74) is 0.918. The Labute approximate surface area is 92.0 Å². The van der Waals surface area contributed by atoms with E-state index in [4.69, 9.17) is 0 Å². The van der Waals surface area contributed by atoms with Crippen LogP contribution in [0.15, 0.2) is 48.7 Å². The Bertz CT molecular complexity index is 499. The Morgan fingerprint density at radius 2 is 1.94 bits per heavy atom. The molecule has 0 saturated carbocycles. The molecule has 16 heavy (non-hydrogen) atoms. The van der Waals surface area contributed by atoms with E-state index in [9.17, 15) is 9.18 Å². The molecule has 2 aromatic rings. The highest BCUT2D eigenvalue weighted by atomic mass is 19.1. The molecule has 0 atom stereocenters. The van der Waals surface area contributed by atoms with E-state index >= 15 is 0 Å². The van der Waals surface area contributed by atoms with Gasteiger partial charge < -0.3 is 5.32 Å². The molecule has 0 aliphatic carbocycles. The van der Waals surface area contributed by atoms with Gasteiger partial charge in [0.05, 0.1) is 0 Å². The third-order valence-corrected chi connectivity index (χ3v) is 2.02. The molecule has 0 aliphatic rings. The van der Waals surface area contributed by atoms with Gasteiger partial charge in [0.15, 0.2) is 0 Å². The number of pyridine rings is 1. The van der Waals surface area contributed by atoms with Crippen molar-refractivity contribution in [3.63, 3.8) is 0 Å². The number of nitrogens with one attached hydrogen (secondary N) is 1. The molecule has 1 amide bonds. The lowest BCUT2D eigenvalue weighted by molar-refractivity contribution is 0.102. The van der Waals surface area contributed by atoms with E-state index < -0.39 is 5.95 Å². The number of aromatic nitrogens is 1. The third kappa shape index (κ3) is 2.42. The summed E-state index contributed by atoms with van der Waals surface area (Å²) in [6, 6.07) is 11.4. The molecule has 1 heterocycles. The average molecular weight is 216 g/mol. The maximum absolute atomic E-state index is 12.8. The van der Waals surface area contributed by atoms with Gasteiger partial charge in [-0.25, -0.2) is 4.98 Å². The van der Waals surface area contributed by atoms with Crippen molar-refractivity contribution in [2.24, 2.45) is 0 Å². The summed E-state index contributed by atoms with van der Waals surface area (Å²) in [6.07, 6.45) is 1.30. The number of hydrogen-bond donors (Lipinski definition) is 1. The summed E-state index contributed by atoms with van der Waals surface area (Å²) in [6.45, 7) is 0. The minimum absolute atomic E-state index is 0.272. The van der Waals surface area contributed by atoms with Crippen LogP contribution in [0, 0.1) is 5.95 Å². The van der Waals surface area contributed by atoms with Gasteiger partial charge in [0.2, 0.25) is 5.95 Å². The van der Waals surface area contributed by atoms with Gasteiger partial charge in [-0.2, -0.15) is 4.39 Å². The number of rotatable bonds is 2. The fourth-order valence-electron chi connectivity index (χ4n) is 1.27. The van der Waals surface area contributed by atoms with Crippen molar-refractivity contribution in [3.8, 4) is 0 Å². The first-order chi connectivity index (χ1) is 7.75. The van der Waals surface area contributed by atoms with Crippen molar-refractivity contribution >= 4 is 11.6 Å². The minimum Gasteiger partial charge on any atom is -0.322 e. The lowest BCUT2D eigenvalue weighted by Gasteiger charge is -2.04. The second kappa shape index (κ2) is 4.53. The van der Waals surface area contributed by atoms with Gasteiger partial charge in [-0.05, 0) is 18.2 Å². The van der Waals surface area contributed by atoms with Crippen LogP contribution >= 0.6 is 0 Å². The monoisotopic (exact) mass is 216 g/mol. The number of carbonyl (C=O) groups excluding carboxylic acids is 1.